The molecule has 106 valence electrons. The van der Waals surface area contributed by atoms with Gasteiger partial charge in [0.1, 0.15) is 5.75 Å². The van der Waals surface area contributed by atoms with Gasteiger partial charge in [-0.3, -0.25) is 0 Å². The predicted molar refractivity (Wildman–Crippen MR) is 82.7 cm³/mol. The van der Waals surface area contributed by atoms with Crippen LogP contribution in [0.2, 0.25) is 0 Å². The van der Waals surface area contributed by atoms with Crippen molar-refractivity contribution in [3.8, 4) is 5.75 Å². The number of rotatable bonds is 3. The zero-order valence-electron chi connectivity index (χ0n) is 11.9. The van der Waals surface area contributed by atoms with E-state index >= 15 is 0 Å². The van der Waals surface area contributed by atoms with E-state index in [-0.39, 0.29) is 11.0 Å². The van der Waals surface area contributed by atoms with Crippen LogP contribution in [-0.2, 0) is 4.74 Å². The van der Waals surface area contributed by atoms with Crippen LogP contribution in [0, 0.1) is 0 Å². The second-order valence-electron chi connectivity index (χ2n) is 5.60. The fourth-order valence-electron chi connectivity index (χ4n) is 2.88. The first-order valence-electron chi connectivity index (χ1n) is 6.98. The zero-order valence-corrected chi connectivity index (χ0v) is 12.6. The molecule has 3 rings (SSSR count). The van der Waals surface area contributed by atoms with Crippen LogP contribution in [0.25, 0.3) is 10.8 Å². The molecule has 1 saturated heterocycles. The molecule has 0 saturated carbocycles. The molecule has 3 heteroatoms. The van der Waals surface area contributed by atoms with E-state index in [1.807, 2.05) is 12.1 Å². The molecule has 2 aromatic rings. The number of halogens is 1. The van der Waals surface area contributed by atoms with Gasteiger partial charge in [-0.2, -0.15) is 0 Å². The molecule has 1 aliphatic rings. The second kappa shape index (κ2) is 5.27. The predicted octanol–water partition coefficient (Wildman–Crippen LogP) is 4.70. The van der Waals surface area contributed by atoms with E-state index in [2.05, 4.69) is 31.2 Å². The highest BCUT2D eigenvalue weighted by Crippen LogP contribution is 2.42. The summed E-state index contributed by atoms with van der Waals surface area (Å²) in [4.78, 5) is 0. The van der Waals surface area contributed by atoms with Crippen LogP contribution in [0.3, 0.4) is 0 Å². The monoisotopic (exact) mass is 290 g/mol. The van der Waals surface area contributed by atoms with Crippen molar-refractivity contribution in [3.05, 3.63) is 42.0 Å². The quantitative estimate of drug-likeness (QED) is 0.763. The number of hydrogen-bond donors (Lipinski definition) is 0. The molecule has 0 amide bonds. The van der Waals surface area contributed by atoms with E-state index in [0.29, 0.717) is 0 Å². The maximum Gasteiger partial charge on any atom is 0.119 e. The smallest absolute Gasteiger partial charge is 0.119 e. The Hall–Kier alpha value is -1.25. The Kier molecular flexibility index (Phi) is 3.61. The Bertz CT molecular complexity index is 617. The highest BCUT2D eigenvalue weighted by molar-refractivity contribution is 6.21. The summed E-state index contributed by atoms with van der Waals surface area (Å²) in [6, 6.07) is 12.4. The van der Waals surface area contributed by atoms with Crippen molar-refractivity contribution in [2.24, 2.45) is 0 Å². The van der Waals surface area contributed by atoms with E-state index in [1.54, 1.807) is 7.11 Å². The minimum absolute atomic E-state index is 0.114. The van der Waals surface area contributed by atoms with Gasteiger partial charge >= 0.3 is 0 Å². The molecule has 1 aliphatic heterocycles. The average molecular weight is 291 g/mol. The molecule has 2 nitrogen and oxygen atoms in total. The fourth-order valence-corrected chi connectivity index (χ4v) is 3.19. The first-order chi connectivity index (χ1) is 9.62. The van der Waals surface area contributed by atoms with Crippen LogP contribution < -0.4 is 4.74 Å². The minimum Gasteiger partial charge on any atom is -0.497 e. The SMILES string of the molecule is COc1ccc2cc(C(Cl)C3(C)CCCO3)ccc2c1. The van der Waals surface area contributed by atoms with Gasteiger partial charge in [-0.05, 0) is 54.3 Å². The van der Waals surface area contributed by atoms with Gasteiger partial charge in [0.15, 0.2) is 0 Å². The highest BCUT2D eigenvalue weighted by atomic mass is 35.5. The van der Waals surface area contributed by atoms with Crippen molar-refractivity contribution in [3.63, 3.8) is 0 Å². The van der Waals surface area contributed by atoms with Crippen molar-refractivity contribution < 1.29 is 9.47 Å². The zero-order chi connectivity index (χ0) is 14.2. The number of benzene rings is 2. The first-order valence-corrected chi connectivity index (χ1v) is 7.42. The van der Waals surface area contributed by atoms with Crippen LogP contribution >= 0.6 is 11.6 Å². The molecule has 0 spiro atoms. The number of hydrogen-bond acceptors (Lipinski definition) is 2. The maximum absolute atomic E-state index is 6.66. The van der Waals surface area contributed by atoms with Crippen molar-refractivity contribution in [1.82, 2.24) is 0 Å². The molecule has 2 atom stereocenters. The molecule has 0 aromatic heterocycles. The lowest BCUT2D eigenvalue weighted by Crippen LogP contribution is -2.28. The van der Waals surface area contributed by atoms with Gasteiger partial charge in [-0.1, -0.05) is 18.2 Å². The van der Waals surface area contributed by atoms with E-state index in [9.17, 15) is 0 Å². The lowest BCUT2D eigenvalue weighted by atomic mass is 9.92. The second-order valence-corrected chi connectivity index (χ2v) is 6.04. The molecule has 0 bridgehead atoms. The molecule has 0 aliphatic carbocycles. The lowest BCUT2D eigenvalue weighted by Gasteiger charge is -2.29. The number of fused-ring (bicyclic) bond motifs is 1. The molecule has 1 fully saturated rings. The lowest BCUT2D eigenvalue weighted by molar-refractivity contribution is 0.0164. The number of ether oxygens (including phenoxy) is 2. The summed E-state index contributed by atoms with van der Waals surface area (Å²) in [5.41, 5.74) is 0.871. The first kappa shape index (κ1) is 13.7. The standard InChI is InChI=1S/C17H19ClO2/c1-17(8-3-9-20-17)16(18)14-5-4-13-11-15(19-2)7-6-12(13)10-14/h4-7,10-11,16H,3,8-9H2,1-2H3. The van der Waals surface area contributed by atoms with Crippen molar-refractivity contribution in [1.29, 1.82) is 0 Å². The number of methoxy groups -OCH3 is 1. The largest absolute Gasteiger partial charge is 0.497 e. The third-order valence-corrected chi connectivity index (χ3v) is 4.86. The van der Waals surface area contributed by atoms with Crippen LogP contribution in [0.4, 0.5) is 0 Å². The van der Waals surface area contributed by atoms with Gasteiger partial charge in [-0.15, -0.1) is 11.6 Å². The van der Waals surface area contributed by atoms with Crippen molar-refractivity contribution in [2.45, 2.75) is 30.7 Å². The third-order valence-electron chi connectivity index (χ3n) is 4.15. The Balaban J connectivity index is 1.96. The van der Waals surface area contributed by atoms with Gasteiger partial charge < -0.3 is 9.47 Å². The number of alkyl halides is 1. The van der Waals surface area contributed by atoms with E-state index in [0.717, 1.165) is 36.1 Å². The van der Waals surface area contributed by atoms with E-state index in [4.69, 9.17) is 21.1 Å². The molecule has 2 unspecified atom stereocenters. The molecule has 0 radical (unpaired) electrons. The normalized spacial score (nSPS) is 23.9. The maximum atomic E-state index is 6.66. The summed E-state index contributed by atoms with van der Waals surface area (Å²) in [6.07, 6.45) is 2.10. The van der Waals surface area contributed by atoms with Crippen molar-refractivity contribution in [2.75, 3.05) is 13.7 Å². The Morgan fingerprint density at radius 3 is 2.65 bits per heavy atom. The Labute approximate surface area is 124 Å². The van der Waals surface area contributed by atoms with Gasteiger partial charge in [0.25, 0.3) is 0 Å². The van der Waals surface area contributed by atoms with Gasteiger partial charge in [0, 0.05) is 6.61 Å². The molecular formula is C17H19ClO2. The van der Waals surface area contributed by atoms with Crippen LogP contribution in [0.5, 0.6) is 5.75 Å². The Morgan fingerprint density at radius 1 is 1.20 bits per heavy atom. The van der Waals surface area contributed by atoms with E-state index < -0.39 is 0 Å². The van der Waals surface area contributed by atoms with Gasteiger partial charge in [0.2, 0.25) is 0 Å². The summed E-state index contributed by atoms with van der Waals surface area (Å²) in [7, 11) is 1.68. The van der Waals surface area contributed by atoms with Crippen LogP contribution in [0.1, 0.15) is 30.7 Å². The fraction of sp³-hybridized carbons (Fsp3) is 0.412. The molecule has 20 heavy (non-hydrogen) atoms. The van der Waals surface area contributed by atoms with Gasteiger partial charge in [0.05, 0.1) is 18.1 Å². The van der Waals surface area contributed by atoms with Crippen LogP contribution in [0.15, 0.2) is 36.4 Å². The molecule has 2 aromatic carbocycles. The Morgan fingerprint density at radius 2 is 1.95 bits per heavy atom. The summed E-state index contributed by atoms with van der Waals surface area (Å²) >= 11 is 6.66. The molecule has 0 N–H and O–H groups in total. The summed E-state index contributed by atoms with van der Waals surface area (Å²) < 4.78 is 11.1. The molecule has 1 heterocycles. The average Bonchev–Trinajstić information content (AvgIpc) is 2.93. The summed E-state index contributed by atoms with van der Waals surface area (Å²) in [6.45, 7) is 2.92. The topological polar surface area (TPSA) is 18.5 Å². The minimum atomic E-state index is -0.248. The third kappa shape index (κ3) is 2.38. The van der Waals surface area contributed by atoms with Gasteiger partial charge in [-0.25, -0.2) is 0 Å². The highest BCUT2D eigenvalue weighted by Gasteiger charge is 2.38. The summed E-state index contributed by atoms with van der Waals surface area (Å²) in [5.74, 6) is 0.874. The van der Waals surface area contributed by atoms with E-state index in [1.165, 1.54) is 5.39 Å². The van der Waals surface area contributed by atoms with Crippen molar-refractivity contribution >= 4 is 22.4 Å². The summed E-state index contributed by atoms with van der Waals surface area (Å²) in [5, 5.41) is 2.22. The molecular weight excluding hydrogens is 272 g/mol. The van der Waals surface area contributed by atoms with Crippen LogP contribution in [-0.4, -0.2) is 19.3 Å².